The average Bonchev–Trinajstić information content (AvgIpc) is 3.37. The number of carbonyl (C=O) groups is 1. The molecule has 1 N–H and O–H groups in total. The Hall–Kier alpha value is -1.66. The zero-order valence-electron chi connectivity index (χ0n) is 14.4. The first-order valence-electron chi connectivity index (χ1n) is 9.20. The van der Waals surface area contributed by atoms with Gasteiger partial charge in [-0.05, 0) is 43.7 Å². The van der Waals surface area contributed by atoms with Gasteiger partial charge in [0, 0.05) is 41.8 Å². The Kier molecular flexibility index (Phi) is 4.65. The van der Waals surface area contributed by atoms with E-state index in [4.69, 9.17) is 0 Å². The van der Waals surface area contributed by atoms with Gasteiger partial charge in [0.2, 0.25) is 0 Å². The van der Waals surface area contributed by atoms with Crippen molar-refractivity contribution in [1.82, 2.24) is 14.5 Å². The quantitative estimate of drug-likeness (QED) is 0.885. The van der Waals surface area contributed by atoms with Crippen LogP contribution in [0.25, 0.3) is 0 Å². The third kappa shape index (κ3) is 3.25. The van der Waals surface area contributed by atoms with E-state index in [2.05, 4.69) is 22.0 Å². The summed E-state index contributed by atoms with van der Waals surface area (Å²) in [7, 11) is 0. The molecule has 2 aliphatic rings. The molecule has 3 heterocycles. The maximum absolute atomic E-state index is 11.9. The summed E-state index contributed by atoms with van der Waals surface area (Å²) in [5.74, 6) is 0.0331. The summed E-state index contributed by atoms with van der Waals surface area (Å²) in [6, 6.07) is 4.58. The monoisotopic (exact) mass is 359 g/mol. The van der Waals surface area contributed by atoms with Crippen LogP contribution in [0.1, 0.15) is 54.2 Å². The van der Waals surface area contributed by atoms with Crippen molar-refractivity contribution in [1.29, 1.82) is 0 Å². The van der Waals surface area contributed by atoms with Crippen molar-refractivity contribution in [2.75, 3.05) is 13.1 Å². The third-order valence-electron chi connectivity index (χ3n) is 5.90. The Morgan fingerprint density at radius 1 is 1.28 bits per heavy atom. The number of hydrogen-bond acceptors (Lipinski definition) is 4. The summed E-state index contributed by atoms with van der Waals surface area (Å²) >= 11 is 1.95. The van der Waals surface area contributed by atoms with E-state index in [1.165, 1.54) is 30.6 Å². The number of carboxylic acids is 1. The van der Waals surface area contributed by atoms with Crippen LogP contribution >= 0.6 is 11.3 Å². The molecular formula is C19H25N3O2S. The molecule has 5 nitrogen and oxygen atoms in total. The van der Waals surface area contributed by atoms with Gasteiger partial charge in [-0.1, -0.05) is 12.8 Å². The molecule has 25 heavy (non-hydrogen) atoms. The van der Waals surface area contributed by atoms with Gasteiger partial charge >= 0.3 is 5.97 Å². The second-order valence-corrected chi connectivity index (χ2v) is 8.57. The lowest BCUT2D eigenvalue weighted by Gasteiger charge is -2.39. The number of nitrogens with zero attached hydrogens (tertiary/aromatic N) is 3. The molecule has 0 atom stereocenters. The summed E-state index contributed by atoms with van der Waals surface area (Å²) in [5.41, 5.74) is -0.836. The van der Waals surface area contributed by atoms with Gasteiger partial charge in [0.15, 0.2) is 0 Å². The fourth-order valence-corrected chi connectivity index (χ4v) is 5.53. The molecule has 1 aliphatic carbocycles. The van der Waals surface area contributed by atoms with Gasteiger partial charge in [-0.15, -0.1) is 11.3 Å². The standard InChI is InChI=1S/C19H25N3O2S/c23-18(24)19(22-12-9-20-14-22)7-10-21(11-8-19)13-16-5-6-17(25-16)15-3-1-2-4-15/h5-6,9,12,14-15H,1-4,7-8,10-11,13H2,(H,23,24). The van der Waals surface area contributed by atoms with Crippen molar-refractivity contribution in [3.8, 4) is 0 Å². The van der Waals surface area contributed by atoms with Crippen LogP contribution in [0, 0.1) is 0 Å². The number of imidazole rings is 1. The highest BCUT2D eigenvalue weighted by atomic mass is 32.1. The second-order valence-electron chi connectivity index (χ2n) is 7.37. The highest BCUT2D eigenvalue weighted by molar-refractivity contribution is 7.12. The van der Waals surface area contributed by atoms with Crippen LogP contribution in [0.5, 0.6) is 0 Å². The van der Waals surface area contributed by atoms with E-state index in [0.29, 0.717) is 12.8 Å². The lowest BCUT2D eigenvalue weighted by Crippen LogP contribution is -2.50. The van der Waals surface area contributed by atoms with Gasteiger partial charge < -0.3 is 9.67 Å². The zero-order valence-corrected chi connectivity index (χ0v) is 15.2. The molecule has 2 aromatic rings. The first-order chi connectivity index (χ1) is 12.2. The van der Waals surface area contributed by atoms with Crippen LogP contribution in [0.3, 0.4) is 0 Å². The van der Waals surface area contributed by atoms with Gasteiger partial charge in [0.1, 0.15) is 5.54 Å². The van der Waals surface area contributed by atoms with Gasteiger partial charge in [0.05, 0.1) is 6.33 Å². The van der Waals surface area contributed by atoms with Crippen LogP contribution in [0.2, 0.25) is 0 Å². The molecule has 0 unspecified atom stereocenters. The Balaban J connectivity index is 1.39. The number of piperidine rings is 1. The molecule has 0 spiro atoms. The van der Waals surface area contributed by atoms with Gasteiger partial charge in [0.25, 0.3) is 0 Å². The molecule has 0 aromatic carbocycles. The normalized spacial score (nSPS) is 21.6. The first kappa shape index (κ1) is 16.8. The maximum atomic E-state index is 11.9. The van der Waals surface area contributed by atoms with Gasteiger partial charge in [-0.25, -0.2) is 9.78 Å². The van der Waals surface area contributed by atoms with Crippen molar-refractivity contribution < 1.29 is 9.90 Å². The largest absolute Gasteiger partial charge is 0.479 e. The number of carboxylic acid groups (broad SMARTS) is 1. The molecule has 0 bridgehead atoms. The molecule has 2 fully saturated rings. The third-order valence-corrected chi connectivity index (χ3v) is 7.13. The minimum Gasteiger partial charge on any atom is -0.479 e. The number of hydrogen-bond donors (Lipinski definition) is 1. The summed E-state index contributed by atoms with van der Waals surface area (Å²) in [4.78, 5) is 21.3. The van der Waals surface area contributed by atoms with E-state index < -0.39 is 11.5 Å². The predicted molar refractivity (Wildman–Crippen MR) is 97.9 cm³/mol. The fourth-order valence-electron chi connectivity index (χ4n) is 4.31. The van der Waals surface area contributed by atoms with Crippen molar-refractivity contribution in [2.45, 2.75) is 56.5 Å². The van der Waals surface area contributed by atoms with E-state index in [0.717, 1.165) is 25.6 Å². The molecule has 6 heteroatoms. The summed E-state index contributed by atoms with van der Waals surface area (Å²) in [5, 5.41) is 9.80. The van der Waals surface area contributed by atoms with Crippen LogP contribution in [0.15, 0.2) is 30.9 Å². The number of aliphatic carboxylic acids is 1. The topological polar surface area (TPSA) is 58.4 Å². The molecule has 4 rings (SSSR count). The average molecular weight is 359 g/mol. The first-order valence-corrected chi connectivity index (χ1v) is 10.0. The lowest BCUT2D eigenvalue weighted by atomic mass is 9.87. The van der Waals surface area contributed by atoms with E-state index in [9.17, 15) is 9.90 Å². The van der Waals surface area contributed by atoms with Crippen LogP contribution in [-0.4, -0.2) is 38.6 Å². The van der Waals surface area contributed by atoms with Crippen molar-refractivity contribution in [3.63, 3.8) is 0 Å². The van der Waals surface area contributed by atoms with Crippen molar-refractivity contribution in [2.24, 2.45) is 0 Å². The predicted octanol–water partition coefficient (Wildman–Crippen LogP) is 3.68. The highest BCUT2D eigenvalue weighted by Gasteiger charge is 2.43. The molecule has 134 valence electrons. The molecule has 1 saturated heterocycles. The summed E-state index contributed by atoms with van der Waals surface area (Å²) < 4.78 is 1.77. The molecule has 0 amide bonds. The van der Waals surface area contributed by atoms with Crippen LogP contribution in [-0.2, 0) is 16.9 Å². The molecule has 1 saturated carbocycles. The Morgan fingerprint density at radius 3 is 2.68 bits per heavy atom. The van der Waals surface area contributed by atoms with Gasteiger partial charge in [-0.3, -0.25) is 4.90 Å². The van der Waals surface area contributed by atoms with E-state index >= 15 is 0 Å². The van der Waals surface area contributed by atoms with Crippen molar-refractivity contribution >= 4 is 17.3 Å². The van der Waals surface area contributed by atoms with E-state index in [1.54, 1.807) is 28.2 Å². The molecule has 2 aromatic heterocycles. The number of thiophene rings is 1. The SMILES string of the molecule is O=C(O)C1(n2ccnc2)CCN(Cc2ccc(C3CCCC3)s2)CC1. The number of aromatic nitrogens is 2. The number of rotatable bonds is 5. The Labute approximate surface area is 152 Å². The van der Waals surface area contributed by atoms with Crippen LogP contribution < -0.4 is 0 Å². The Bertz CT molecular complexity index is 711. The van der Waals surface area contributed by atoms with E-state index in [1.807, 2.05) is 11.3 Å². The highest BCUT2D eigenvalue weighted by Crippen LogP contribution is 2.38. The second kappa shape index (κ2) is 6.92. The zero-order chi connectivity index (χ0) is 17.3. The van der Waals surface area contributed by atoms with Gasteiger partial charge in [-0.2, -0.15) is 0 Å². The summed E-state index contributed by atoms with van der Waals surface area (Å²) in [6.45, 7) is 2.55. The van der Waals surface area contributed by atoms with Crippen LogP contribution in [0.4, 0.5) is 0 Å². The molecular weight excluding hydrogens is 334 g/mol. The van der Waals surface area contributed by atoms with Crippen molar-refractivity contribution in [3.05, 3.63) is 40.6 Å². The minimum absolute atomic E-state index is 0.625. The summed E-state index contributed by atoms with van der Waals surface area (Å²) in [6.07, 6.45) is 11.7. The minimum atomic E-state index is -0.836. The Morgan fingerprint density at radius 2 is 2.04 bits per heavy atom. The fraction of sp³-hybridized carbons (Fsp3) is 0.579. The smallest absolute Gasteiger partial charge is 0.330 e. The lowest BCUT2D eigenvalue weighted by molar-refractivity contribution is -0.150. The maximum Gasteiger partial charge on any atom is 0.330 e. The molecule has 0 radical (unpaired) electrons. The number of likely N-dealkylation sites (tertiary alicyclic amines) is 1. The van der Waals surface area contributed by atoms with E-state index in [-0.39, 0.29) is 0 Å². The molecule has 1 aliphatic heterocycles.